The van der Waals surface area contributed by atoms with Crippen molar-refractivity contribution in [3.05, 3.63) is 74.9 Å². The lowest BCUT2D eigenvalue weighted by molar-refractivity contribution is -0.384. The Morgan fingerprint density at radius 3 is 2.65 bits per heavy atom. The van der Waals surface area contributed by atoms with Crippen molar-refractivity contribution in [3.8, 4) is 0 Å². The number of benzene rings is 1. The van der Waals surface area contributed by atoms with E-state index in [1.165, 1.54) is 24.3 Å². The molecule has 1 saturated heterocycles. The Morgan fingerprint density at radius 1 is 1.31 bits per heavy atom. The minimum absolute atomic E-state index is 0.133. The van der Waals surface area contributed by atoms with Gasteiger partial charge in [0.2, 0.25) is 0 Å². The minimum atomic E-state index is -0.598. The van der Waals surface area contributed by atoms with E-state index in [2.05, 4.69) is 10.4 Å². The Bertz CT molecular complexity index is 929. The van der Waals surface area contributed by atoms with Crippen molar-refractivity contribution in [2.75, 3.05) is 0 Å². The SMILES string of the molecule is O=C(NN1C(=O)/C(=C/c2cccnc2)SC1=S)c1ccc([N+](=O)[O-])cc1. The van der Waals surface area contributed by atoms with E-state index in [0.717, 1.165) is 22.3 Å². The topological polar surface area (TPSA) is 105 Å². The summed E-state index contributed by atoms with van der Waals surface area (Å²) < 4.78 is 0.181. The van der Waals surface area contributed by atoms with Crippen LogP contribution in [0.4, 0.5) is 5.69 Å². The van der Waals surface area contributed by atoms with Crippen LogP contribution in [0.2, 0.25) is 0 Å². The second-order valence-electron chi connectivity index (χ2n) is 5.05. The zero-order chi connectivity index (χ0) is 18.7. The molecule has 0 bridgehead atoms. The van der Waals surface area contributed by atoms with E-state index in [-0.39, 0.29) is 15.6 Å². The Hall–Kier alpha value is -3.11. The maximum absolute atomic E-state index is 12.5. The highest BCUT2D eigenvalue weighted by Gasteiger charge is 2.33. The summed E-state index contributed by atoms with van der Waals surface area (Å²) in [6, 6.07) is 8.55. The first-order valence-corrected chi connectivity index (χ1v) is 8.41. The number of amides is 2. The van der Waals surface area contributed by atoms with Gasteiger partial charge in [-0.05, 0) is 42.1 Å². The first-order chi connectivity index (χ1) is 12.5. The molecule has 1 aliphatic heterocycles. The number of nitrogens with one attached hydrogen (secondary N) is 1. The van der Waals surface area contributed by atoms with Crippen molar-refractivity contribution in [3.63, 3.8) is 0 Å². The van der Waals surface area contributed by atoms with Crippen molar-refractivity contribution in [2.45, 2.75) is 0 Å². The number of hydrazine groups is 1. The Morgan fingerprint density at radius 2 is 2.04 bits per heavy atom. The van der Waals surface area contributed by atoms with E-state index in [0.29, 0.717) is 4.91 Å². The molecule has 8 nitrogen and oxygen atoms in total. The summed E-state index contributed by atoms with van der Waals surface area (Å²) in [6.07, 6.45) is 4.85. The fraction of sp³-hybridized carbons (Fsp3) is 0. The third-order valence-corrected chi connectivity index (χ3v) is 4.63. The van der Waals surface area contributed by atoms with Gasteiger partial charge in [0, 0.05) is 30.1 Å². The lowest BCUT2D eigenvalue weighted by atomic mass is 10.2. The van der Waals surface area contributed by atoms with Crippen molar-refractivity contribution < 1.29 is 14.5 Å². The van der Waals surface area contributed by atoms with Gasteiger partial charge in [-0.1, -0.05) is 17.8 Å². The van der Waals surface area contributed by atoms with Gasteiger partial charge in [-0.2, -0.15) is 5.01 Å². The van der Waals surface area contributed by atoms with Gasteiger partial charge in [-0.15, -0.1) is 0 Å². The Balaban J connectivity index is 1.74. The molecule has 0 unspecified atom stereocenters. The maximum Gasteiger partial charge on any atom is 0.285 e. The van der Waals surface area contributed by atoms with E-state index in [9.17, 15) is 19.7 Å². The van der Waals surface area contributed by atoms with Crippen molar-refractivity contribution in [1.29, 1.82) is 0 Å². The zero-order valence-electron chi connectivity index (χ0n) is 13.0. The lowest BCUT2D eigenvalue weighted by Crippen LogP contribution is -2.44. The standard InChI is InChI=1S/C16H10N4O4S2/c21-14(11-3-5-12(6-4-11)20(23)24)18-19-15(22)13(26-16(19)25)8-10-2-1-7-17-9-10/h1-9H,(H,18,21)/b13-8-. The molecule has 1 aromatic heterocycles. The van der Waals surface area contributed by atoms with Gasteiger partial charge in [0.1, 0.15) is 0 Å². The molecular weight excluding hydrogens is 376 g/mol. The normalized spacial score (nSPS) is 15.4. The number of nitrogens with zero attached hydrogens (tertiary/aromatic N) is 3. The third-order valence-electron chi connectivity index (χ3n) is 3.33. The molecule has 2 heterocycles. The van der Waals surface area contributed by atoms with Gasteiger partial charge in [-0.25, -0.2) is 0 Å². The number of hydrogen-bond donors (Lipinski definition) is 1. The first kappa shape index (κ1) is 17.7. The molecule has 2 amide bonds. The predicted molar refractivity (Wildman–Crippen MR) is 99.8 cm³/mol. The molecule has 0 atom stereocenters. The molecule has 1 aromatic carbocycles. The number of rotatable bonds is 4. The molecule has 26 heavy (non-hydrogen) atoms. The average molecular weight is 386 g/mol. The van der Waals surface area contributed by atoms with Crippen molar-refractivity contribution in [1.82, 2.24) is 15.4 Å². The third kappa shape index (κ3) is 3.76. The molecule has 10 heteroatoms. The molecular formula is C16H10N4O4S2. The Labute approximate surface area is 157 Å². The summed E-state index contributed by atoms with van der Waals surface area (Å²) in [5.74, 6) is -1.06. The summed E-state index contributed by atoms with van der Waals surface area (Å²) in [7, 11) is 0. The van der Waals surface area contributed by atoms with Crippen LogP contribution >= 0.6 is 24.0 Å². The zero-order valence-corrected chi connectivity index (χ0v) is 14.6. The highest BCUT2D eigenvalue weighted by Crippen LogP contribution is 2.31. The van der Waals surface area contributed by atoms with E-state index in [4.69, 9.17) is 12.2 Å². The molecule has 0 aliphatic carbocycles. The van der Waals surface area contributed by atoms with Crippen molar-refractivity contribution >= 4 is 51.9 Å². The highest BCUT2D eigenvalue weighted by molar-refractivity contribution is 8.26. The number of pyridine rings is 1. The fourth-order valence-corrected chi connectivity index (χ4v) is 3.26. The molecule has 1 N–H and O–H groups in total. The number of thioether (sulfide) groups is 1. The van der Waals surface area contributed by atoms with Gasteiger partial charge in [0.05, 0.1) is 9.83 Å². The number of carbonyl (C=O) groups is 2. The number of nitro benzene ring substituents is 1. The van der Waals surface area contributed by atoms with E-state index in [1.54, 1.807) is 30.6 Å². The second kappa shape index (κ2) is 7.42. The summed E-state index contributed by atoms with van der Waals surface area (Å²) in [6.45, 7) is 0. The molecule has 1 fully saturated rings. The van der Waals surface area contributed by atoms with Gasteiger partial charge in [0.25, 0.3) is 17.5 Å². The molecule has 130 valence electrons. The summed E-state index contributed by atoms with van der Waals surface area (Å²) >= 11 is 6.20. The summed E-state index contributed by atoms with van der Waals surface area (Å²) in [4.78, 5) is 39.1. The van der Waals surface area contributed by atoms with Crippen molar-refractivity contribution in [2.24, 2.45) is 0 Å². The second-order valence-corrected chi connectivity index (χ2v) is 6.72. The average Bonchev–Trinajstić information content (AvgIpc) is 2.90. The fourth-order valence-electron chi connectivity index (χ4n) is 2.08. The quantitative estimate of drug-likeness (QED) is 0.372. The first-order valence-electron chi connectivity index (χ1n) is 7.19. The Kier molecular flexibility index (Phi) is 5.05. The number of nitro groups is 1. The van der Waals surface area contributed by atoms with E-state index in [1.807, 2.05) is 0 Å². The van der Waals surface area contributed by atoms with Gasteiger partial charge in [-0.3, -0.25) is 30.1 Å². The number of aromatic nitrogens is 1. The van der Waals surface area contributed by atoms with Crippen LogP contribution < -0.4 is 5.43 Å². The largest absolute Gasteiger partial charge is 0.285 e. The summed E-state index contributed by atoms with van der Waals surface area (Å²) in [5, 5.41) is 11.6. The van der Waals surface area contributed by atoms with E-state index >= 15 is 0 Å². The van der Waals surface area contributed by atoms with Crippen LogP contribution in [0.3, 0.4) is 0 Å². The molecule has 0 spiro atoms. The van der Waals surface area contributed by atoms with Crippen LogP contribution in [0.25, 0.3) is 6.08 Å². The number of non-ortho nitro benzene ring substituents is 1. The minimum Gasteiger partial charge on any atom is -0.267 e. The summed E-state index contributed by atoms with van der Waals surface area (Å²) in [5.41, 5.74) is 3.18. The van der Waals surface area contributed by atoms with Crippen LogP contribution in [0.1, 0.15) is 15.9 Å². The highest BCUT2D eigenvalue weighted by atomic mass is 32.2. The van der Waals surface area contributed by atoms with Gasteiger partial charge < -0.3 is 0 Å². The molecule has 2 aromatic rings. The van der Waals surface area contributed by atoms with Gasteiger partial charge >= 0.3 is 0 Å². The lowest BCUT2D eigenvalue weighted by Gasteiger charge is -2.15. The van der Waals surface area contributed by atoms with Crippen LogP contribution in [-0.4, -0.2) is 31.1 Å². The van der Waals surface area contributed by atoms with Crippen LogP contribution in [0.15, 0.2) is 53.7 Å². The maximum atomic E-state index is 12.5. The smallest absolute Gasteiger partial charge is 0.267 e. The number of carbonyl (C=O) groups excluding carboxylic acids is 2. The van der Waals surface area contributed by atoms with Crippen LogP contribution in [-0.2, 0) is 4.79 Å². The molecule has 3 rings (SSSR count). The van der Waals surface area contributed by atoms with Gasteiger partial charge in [0.15, 0.2) is 4.32 Å². The monoisotopic (exact) mass is 386 g/mol. The molecule has 1 aliphatic rings. The predicted octanol–water partition coefficient (Wildman–Crippen LogP) is 2.54. The molecule has 0 radical (unpaired) electrons. The van der Waals surface area contributed by atoms with E-state index < -0.39 is 16.7 Å². The van der Waals surface area contributed by atoms with Crippen LogP contribution in [0.5, 0.6) is 0 Å². The van der Waals surface area contributed by atoms with Crippen LogP contribution in [0, 0.1) is 10.1 Å². The number of hydrogen-bond acceptors (Lipinski definition) is 7. The molecule has 0 saturated carbocycles. The number of thiocarbonyl (C=S) groups is 1.